The largest absolute Gasteiger partial charge is 0.573 e. The fourth-order valence-corrected chi connectivity index (χ4v) is 4.14. The Bertz CT molecular complexity index is 1020. The van der Waals surface area contributed by atoms with Crippen molar-refractivity contribution in [3.63, 3.8) is 0 Å². The van der Waals surface area contributed by atoms with Gasteiger partial charge in [0.25, 0.3) is 15.9 Å². The van der Waals surface area contributed by atoms with Gasteiger partial charge in [-0.2, -0.15) is 0 Å². The smallest absolute Gasteiger partial charge is 0.496 e. The average molecular weight is 444 g/mol. The number of nitrogens with zero attached hydrogens (tertiary/aromatic N) is 1. The van der Waals surface area contributed by atoms with E-state index in [0.29, 0.717) is 13.1 Å². The minimum absolute atomic E-state index is 0.0350. The number of amides is 1. The molecule has 3 rings (SSSR count). The maximum atomic E-state index is 12.7. The zero-order valence-corrected chi connectivity index (χ0v) is 16.7. The Morgan fingerprint density at radius 3 is 2.27 bits per heavy atom. The number of hydrogen-bond acceptors (Lipinski definition) is 5. The molecule has 0 aliphatic carbocycles. The molecule has 2 aromatic carbocycles. The molecule has 1 amide bonds. The molecule has 162 valence electrons. The van der Waals surface area contributed by atoms with Crippen molar-refractivity contribution in [3.8, 4) is 11.5 Å². The topological polar surface area (TPSA) is 84.9 Å². The highest BCUT2D eigenvalue weighted by Gasteiger charge is 2.31. The summed E-state index contributed by atoms with van der Waals surface area (Å²) in [6.45, 7) is 1.17. The second kappa shape index (κ2) is 8.42. The molecular formula is C19H19F3N2O5S. The Balaban J connectivity index is 1.83. The number of sulfonamides is 1. The van der Waals surface area contributed by atoms with Crippen LogP contribution in [0.3, 0.4) is 0 Å². The minimum Gasteiger partial charge on any atom is -0.496 e. The maximum Gasteiger partial charge on any atom is 0.573 e. The molecule has 1 N–H and O–H groups in total. The molecule has 7 nitrogen and oxygen atoms in total. The van der Waals surface area contributed by atoms with Gasteiger partial charge in [-0.3, -0.25) is 9.52 Å². The van der Waals surface area contributed by atoms with Gasteiger partial charge in [0.05, 0.1) is 17.6 Å². The van der Waals surface area contributed by atoms with E-state index in [1.807, 2.05) is 0 Å². The summed E-state index contributed by atoms with van der Waals surface area (Å²) in [7, 11) is -2.72. The summed E-state index contributed by atoms with van der Waals surface area (Å²) in [5.41, 5.74) is 0.156. The zero-order chi connectivity index (χ0) is 21.9. The lowest BCUT2D eigenvalue weighted by atomic mass is 10.1. The standard InChI is InChI=1S/C19H19F3N2O5S/c1-28-17-9-8-15(12-16(17)18(25)24-10-2-3-11-24)30(26,27)23-13-4-6-14(7-5-13)29-19(20,21)22/h4-9,12,23H,2-3,10-11H2,1H3. The lowest BCUT2D eigenvalue weighted by molar-refractivity contribution is -0.274. The Labute approximate surface area is 171 Å². The molecule has 1 heterocycles. The second-order valence-electron chi connectivity index (χ2n) is 6.54. The Morgan fingerprint density at radius 2 is 1.70 bits per heavy atom. The molecule has 1 saturated heterocycles. The highest BCUT2D eigenvalue weighted by Crippen LogP contribution is 2.28. The van der Waals surface area contributed by atoms with Crippen LogP contribution in [0.2, 0.25) is 0 Å². The van der Waals surface area contributed by atoms with Gasteiger partial charge in [-0.05, 0) is 55.3 Å². The van der Waals surface area contributed by atoms with Crippen LogP contribution < -0.4 is 14.2 Å². The predicted octanol–water partition coefficient (Wildman–Crippen LogP) is 3.63. The quantitative estimate of drug-likeness (QED) is 0.736. The van der Waals surface area contributed by atoms with E-state index in [4.69, 9.17) is 4.74 Å². The highest BCUT2D eigenvalue weighted by molar-refractivity contribution is 7.92. The fourth-order valence-electron chi connectivity index (χ4n) is 3.05. The average Bonchev–Trinajstić information content (AvgIpc) is 3.22. The second-order valence-corrected chi connectivity index (χ2v) is 8.22. The summed E-state index contributed by atoms with van der Waals surface area (Å²) in [5, 5.41) is 0. The van der Waals surface area contributed by atoms with E-state index >= 15 is 0 Å². The monoisotopic (exact) mass is 444 g/mol. The fraction of sp³-hybridized carbons (Fsp3) is 0.316. The van der Waals surface area contributed by atoms with Gasteiger partial charge in [0.2, 0.25) is 0 Å². The summed E-state index contributed by atoms with van der Waals surface area (Å²) in [6, 6.07) is 8.14. The number of likely N-dealkylation sites (tertiary alicyclic amines) is 1. The van der Waals surface area contributed by atoms with Crippen molar-refractivity contribution in [2.75, 3.05) is 24.9 Å². The first-order valence-corrected chi connectivity index (χ1v) is 10.4. The van der Waals surface area contributed by atoms with E-state index in [-0.39, 0.29) is 27.8 Å². The van der Waals surface area contributed by atoms with Crippen LogP contribution in [0, 0.1) is 0 Å². The first kappa shape index (κ1) is 21.8. The number of ether oxygens (including phenoxy) is 2. The Morgan fingerprint density at radius 1 is 1.07 bits per heavy atom. The molecule has 1 aliphatic heterocycles. The van der Waals surface area contributed by atoms with Crippen LogP contribution in [-0.2, 0) is 10.0 Å². The van der Waals surface area contributed by atoms with Crippen LogP contribution in [0.5, 0.6) is 11.5 Å². The van der Waals surface area contributed by atoms with Crippen LogP contribution in [-0.4, -0.2) is 45.8 Å². The number of carbonyl (C=O) groups is 1. The van der Waals surface area contributed by atoms with Crippen LogP contribution in [0.15, 0.2) is 47.4 Å². The minimum atomic E-state index is -4.84. The molecule has 0 saturated carbocycles. The first-order valence-electron chi connectivity index (χ1n) is 8.95. The molecule has 1 aliphatic rings. The van der Waals surface area contributed by atoms with Crippen molar-refractivity contribution in [2.45, 2.75) is 24.1 Å². The maximum absolute atomic E-state index is 12.7. The number of carbonyl (C=O) groups excluding carboxylic acids is 1. The number of methoxy groups -OCH3 is 1. The lowest BCUT2D eigenvalue weighted by Gasteiger charge is -2.18. The Hall–Kier alpha value is -2.95. The summed E-state index contributed by atoms with van der Waals surface area (Å²) in [5.74, 6) is -0.553. The van der Waals surface area contributed by atoms with Gasteiger partial charge in [0.15, 0.2) is 0 Å². The summed E-state index contributed by atoms with van der Waals surface area (Å²) < 4.78 is 73.4. The van der Waals surface area contributed by atoms with Crippen molar-refractivity contribution >= 4 is 21.6 Å². The number of rotatable bonds is 6. The molecule has 0 radical (unpaired) electrons. The molecule has 11 heteroatoms. The van der Waals surface area contributed by atoms with Crippen LogP contribution >= 0.6 is 0 Å². The lowest BCUT2D eigenvalue weighted by Crippen LogP contribution is -2.28. The number of anilines is 1. The van der Waals surface area contributed by atoms with Gasteiger partial charge < -0.3 is 14.4 Å². The molecule has 0 atom stereocenters. The molecule has 0 spiro atoms. The third kappa shape index (κ3) is 5.15. The third-order valence-corrected chi connectivity index (χ3v) is 5.82. The van der Waals surface area contributed by atoms with Crippen molar-refractivity contribution in [1.82, 2.24) is 4.90 Å². The number of hydrogen-bond donors (Lipinski definition) is 1. The van der Waals surface area contributed by atoms with E-state index in [0.717, 1.165) is 37.1 Å². The van der Waals surface area contributed by atoms with E-state index in [2.05, 4.69) is 9.46 Å². The number of alkyl halides is 3. The van der Waals surface area contributed by atoms with Crippen molar-refractivity contribution in [1.29, 1.82) is 0 Å². The molecular weight excluding hydrogens is 425 g/mol. The molecule has 0 unspecified atom stereocenters. The van der Waals surface area contributed by atoms with Gasteiger partial charge in [0.1, 0.15) is 11.5 Å². The number of benzene rings is 2. The van der Waals surface area contributed by atoms with Crippen LogP contribution in [0.25, 0.3) is 0 Å². The van der Waals surface area contributed by atoms with Gasteiger partial charge >= 0.3 is 6.36 Å². The van der Waals surface area contributed by atoms with E-state index in [1.54, 1.807) is 4.90 Å². The van der Waals surface area contributed by atoms with Crippen molar-refractivity contribution < 1.29 is 35.9 Å². The number of halogens is 3. The molecule has 30 heavy (non-hydrogen) atoms. The molecule has 2 aromatic rings. The summed E-state index contributed by atoms with van der Waals surface area (Å²) >= 11 is 0. The van der Waals surface area contributed by atoms with Gasteiger partial charge in [-0.15, -0.1) is 13.2 Å². The van der Waals surface area contributed by atoms with Crippen molar-refractivity contribution in [3.05, 3.63) is 48.0 Å². The molecule has 0 aromatic heterocycles. The van der Waals surface area contributed by atoms with Gasteiger partial charge in [0, 0.05) is 18.8 Å². The van der Waals surface area contributed by atoms with E-state index in [1.165, 1.54) is 25.3 Å². The predicted molar refractivity (Wildman–Crippen MR) is 102 cm³/mol. The molecule has 1 fully saturated rings. The van der Waals surface area contributed by atoms with Crippen LogP contribution in [0.4, 0.5) is 18.9 Å². The SMILES string of the molecule is COc1ccc(S(=O)(=O)Nc2ccc(OC(F)(F)F)cc2)cc1C(=O)N1CCCC1. The summed E-state index contributed by atoms with van der Waals surface area (Å²) in [4.78, 5) is 14.2. The normalized spacial score (nSPS) is 14.5. The van der Waals surface area contributed by atoms with Gasteiger partial charge in [-0.1, -0.05) is 0 Å². The zero-order valence-electron chi connectivity index (χ0n) is 15.9. The molecule has 0 bridgehead atoms. The van der Waals surface area contributed by atoms with E-state index in [9.17, 15) is 26.4 Å². The Kier molecular flexibility index (Phi) is 6.11. The number of nitrogens with one attached hydrogen (secondary N) is 1. The third-order valence-electron chi connectivity index (χ3n) is 4.45. The highest BCUT2D eigenvalue weighted by atomic mass is 32.2. The summed E-state index contributed by atoms with van der Waals surface area (Å²) in [6.07, 6.45) is -3.09. The first-order chi connectivity index (χ1) is 14.1. The van der Waals surface area contributed by atoms with Gasteiger partial charge in [-0.25, -0.2) is 8.42 Å². The van der Waals surface area contributed by atoms with Crippen LogP contribution in [0.1, 0.15) is 23.2 Å². The van der Waals surface area contributed by atoms with E-state index < -0.39 is 22.1 Å². The van der Waals surface area contributed by atoms with Crippen molar-refractivity contribution in [2.24, 2.45) is 0 Å².